The number of allylic oxidation sites excluding steroid dienone is 2. The van der Waals surface area contributed by atoms with E-state index in [-0.39, 0.29) is 11.8 Å². The Morgan fingerprint density at radius 1 is 1.20 bits per heavy atom. The van der Waals surface area contributed by atoms with Crippen LogP contribution in [0, 0.1) is 0 Å². The van der Waals surface area contributed by atoms with E-state index < -0.39 is 11.7 Å². The van der Waals surface area contributed by atoms with Gasteiger partial charge >= 0.3 is 6.18 Å². The summed E-state index contributed by atoms with van der Waals surface area (Å²) >= 11 is 0. The molecule has 234 valence electrons. The molecule has 0 radical (unpaired) electrons. The van der Waals surface area contributed by atoms with Gasteiger partial charge < -0.3 is 24.8 Å². The molecule has 3 aromatic rings. The highest BCUT2D eigenvalue weighted by atomic mass is 19.4. The number of ether oxygens (including phenoxy) is 1. The molecule has 0 aliphatic carbocycles. The molecule has 12 heteroatoms. The maximum absolute atomic E-state index is 13.6. The van der Waals surface area contributed by atoms with E-state index in [1.165, 1.54) is 6.07 Å². The van der Waals surface area contributed by atoms with Gasteiger partial charge in [0.2, 0.25) is 11.9 Å². The molecule has 4 rings (SSSR count). The number of halogens is 3. The molecule has 3 heterocycles. The number of rotatable bonds is 11. The quantitative estimate of drug-likeness (QED) is 0.207. The van der Waals surface area contributed by atoms with Crippen molar-refractivity contribution in [3.63, 3.8) is 0 Å². The fraction of sp³-hybridized carbons (Fsp3) is 0.375. The van der Waals surface area contributed by atoms with Crippen LogP contribution in [-0.4, -0.2) is 83.0 Å². The van der Waals surface area contributed by atoms with Gasteiger partial charge in [-0.3, -0.25) is 4.79 Å². The topological polar surface area (TPSA) is 99.3 Å². The molecule has 0 bridgehead atoms. The molecular formula is C32H38F3N7O2. The van der Waals surface area contributed by atoms with Crippen LogP contribution in [0.5, 0.6) is 0 Å². The van der Waals surface area contributed by atoms with Crippen LogP contribution in [0.1, 0.15) is 37.1 Å². The van der Waals surface area contributed by atoms with Gasteiger partial charge in [-0.25, -0.2) is 15.0 Å². The van der Waals surface area contributed by atoms with E-state index >= 15 is 0 Å². The Morgan fingerprint density at radius 3 is 2.61 bits per heavy atom. The number of hydrogen-bond donors (Lipinski definition) is 2. The summed E-state index contributed by atoms with van der Waals surface area (Å²) in [6.45, 7) is 7.76. The van der Waals surface area contributed by atoms with Gasteiger partial charge in [-0.05, 0) is 69.8 Å². The third-order valence-corrected chi connectivity index (χ3v) is 7.26. The average molecular weight is 610 g/mol. The zero-order valence-corrected chi connectivity index (χ0v) is 25.4. The minimum Gasteiger partial charge on any atom is -0.497 e. The summed E-state index contributed by atoms with van der Waals surface area (Å²) in [6.07, 6.45) is 3.90. The number of likely N-dealkylation sites (tertiary alicyclic amines) is 1. The highest BCUT2D eigenvalue weighted by Gasteiger charge is 2.32. The maximum Gasteiger partial charge on any atom is 0.416 e. The fourth-order valence-corrected chi connectivity index (χ4v) is 4.91. The number of hydrogen-bond acceptors (Lipinski definition) is 7. The zero-order valence-electron chi connectivity index (χ0n) is 25.4. The number of anilines is 1. The van der Waals surface area contributed by atoms with Crippen LogP contribution in [-0.2, 0) is 15.7 Å². The molecule has 0 unspecified atom stereocenters. The van der Waals surface area contributed by atoms with Gasteiger partial charge in [0.05, 0.1) is 36.3 Å². The van der Waals surface area contributed by atoms with Gasteiger partial charge in [-0.1, -0.05) is 24.8 Å². The van der Waals surface area contributed by atoms with Gasteiger partial charge in [0, 0.05) is 37.3 Å². The number of methoxy groups -OCH3 is 1. The van der Waals surface area contributed by atoms with E-state index in [0.29, 0.717) is 79.2 Å². The Bertz CT molecular complexity index is 1520. The van der Waals surface area contributed by atoms with E-state index in [1.54, 1.807) is 31.5 Å². The first-order valence-corrected chi connectivity index (χ1v) is 14.3. The number of alkyl halides is 3. The summed E-state index contributed by atoms with van der Waals surface area (Å²) in [5.41, 5.74) is 1.66. The van der Waals surface area contributed by atoms with Crippen molar-refractivity contribution in [1.29, 1.82) is 0 Å². The maximum atomic E-state index is 13.6. The number of H-pyrrole nitrogens is 1. The first kappa shape index (κ1) is 32.5. The van der Waals surface area contributed by atoms with Gasteiger partial charge in [0.15, 0.2) is 0 Å². The first-order chi connectivity index (χ1) is 21.0. The molecule has 2 N–H and O–H groups in total. The Balaban J connectivity index is 1.62. The monoisotopic (exact) mass is 609 g/mol. The van der Waals surface area contributed by atoms with Gasteiger partial charge in [-0.15, -0.1) is 0 Å². The fourth-order valence-electron chi connectivity index (χ4n) is 4.91. The largest absolute Gasteiger partial charge is 0.497 e. The third kappa shape index (κ3) is 8.34. The Hall–Kier alpha value is -4.45. The van der Waals surface area contributed by atoms with Crippen molar-refractivity contribution in [2.75, 3.05) is 52.7 Å². The SMILES string of the molecule is C=C(/C=C\C(=C/C)OC)CNc1nccc(-c2[nH]c(C3CCN(C(=O)CN(C)C)CC3)nc2-c2cccc(C(F)(F)F)c2)n1. The number of imidazole rings is 1. The molecule has 1 fully saturated rings. The predicted octanol–water partition coefficient (Wildman–Crippen LogP) is 5.89. The van der Waals surface area contributed by atoms with E-state index in [0.717, 1.165) is 17.7 Å². The Labute approximate surface area is 255 Å². The van der Waals surface area contributed by atoms with Gasteiger partial charge in [0.1, 0.15) is 11.6 Å². The number of benzene rings is 1. The normalized spacial score (nSPS) is 14.8. The minimum atomic E-state index is -4.50. The number of nitrogens with zero attached hydrogens (tertiary/aromatic N) is 5. The summed E-state index contributed by atoms with van der Waals surface area (Å²) < 4.78 is 46.1. The van der Waals surface area contributed by atoms with Crippen molar-refractivity contribution in [2.24, 2.45) is 0 Å². The predicted molar refractivity (Wildman–Crippen MR) is 165 cm³/mol. The van der Waals surface area contributed by atoms with Crippen molar-refractivity contribution in [2.45, 2.75) is 31.9 Å². The summed E-state index contributed by atoms with van der Waals surface area (Å²) in [4.78, 5) is 33.4. The second kappa shape index (κ2) is 14.3. The smallest absolute Gasteiger partial charge is 0.416 e. The van der Waals surface area contributed by atoms with Crippen molar-refractivity contribution in [3.05, 3.63) is 84.1 Å². The molecule has 0 saturated carbocycles. The third-order valence-electron chi connectivity index (χ3n) is 7.26. The number of carbonyl (C=O) groups excluding carboxylic acids is 1. The lowest BCUT2D eigenvalue weighted by Crippen LogP contribution is -2.42. The Kier molecular flexibility index (Phi) is 10.6. The number of carbonyl (C=O) groups is 1. The molecule has 2 aromatic heterocycles. The molecule has 0 spiro atoms. The number of nitrogens with one attached hydrogen (secondary N) is 2. The highest BCUT2D eigenvalue weighted by Crippen LogP contribution is 2.37. The van der Waals surface area contributed by atoms with Gasteiger partial charge in [-0.2, -0.15) is 13.2 Å². The molecule has 0 atom stereocenters. The van der Waals surface area contributed by atoms with Crippen LogP contribution in [0.3, 0.4) is 0 Å². The van der Waals surface area contributed by atoms with Crippen LogP contribution in [0.2, 0.25) is 0 Å². The van der Waals surface area contributed by atoms with Crippen molar-refractivity contribution >= 4 is 11.9 Å². The molecule has 1 aliphatic rings. The summed E-state index contributed by atoms with van der Waals surface area (Å²) in [7, 11) is 5.30. The number of piperidine rings is 1. The summed E-state index contributed by atoms with van der Waals surface area (Å²) in [5, 5.41) is 3.14. The Morgan fingerprint density at radius 2 is 1.95 bits per heavy atom. The lowest BCUT2D eigenvalue weighted by atomic mass is 9.96. The molecule has 44 heavy (non-hydrogen) atoms. The average Bonchev–Trinajstić information content (AvgIpc) is 3.46. The van der Waals surface area contributed by atoms with Crippen molar-refractivity contribution in [1.82, 2.24) is 29.7 Å². The van der Waals surface area contributed by atoms with Crippen LogP contribution < -0.4 is 5.32 Å². The lowest BCUT2D eigenvalue weighted by molar-refractivity contribution is -0.137. The summed E-state index contributed by atoms with van der Waals surface area (Å²) in [5.74, 6) is 1.75. The second-order valence-electron chi connectivity index (χ2n) is 10.8. The standard InChI is InChI=1S/C32H38F3N7O2/c1-6-25(44-5)11-10-21(2)19-37-31-36-15-12-26(38-31)29-28(23-8-7-9-24(18-23)32(33,34)35)39-30(40-29)22-13-16-42(17-14-22)27(43)20-41(3)4/h6-12,15,18,22H,2,13-14,16-17,19-20H2,1,3-5H3,(H,39,40)(H,36,37,38)/b11-10-,25-6+. The zero-order chi connectivity index (χ0) is 31.9. The molecule has 9 nitrogen and oxygen atoms in total. The molecule has 1 aromatic carbocycles. The van der Waals surface area contributed by atoms with Gasteiger partial charge in [0.25, 0.3) is 0 Å². The first-order valence-electron chi connectivity index (χ1n) is 14.3. The summed E-state index contributed by atoms with van der Waals surface area (Å²) in [6, 6.07) is 6.81. The van der Waals surface area contributed by atoms with E-state index in [4.69, 9.17) is 9.72 Å². The van der Waals surface area contributed by atoms with Crippen LogP contribution >= 0.6 is 0 Å². The molecule has 1 saturated heterocycles. The number of aromatic amines is 1. The van der Waals surface area contributed by atoms with E-state index in [1.807, 2.05) is 43.0 Å². The highest BCUT2D eigenvalue weighted by molar-refractivity contribution is 5.79. The van der Waals surface area contributed by atoms with E-state index in [2.05, 4.69) is 26.8 Å². The molecular weight excluding hydrogens is 571 g/mol. The number of likely N-dealkylation sites (N-methyl/N-ethyl adjacent to an activating group) is 1. The van der Waals surface area contributed by atoms with E-state index in [9.17, 15) is 18.0 Å². The second-order valence-corrected chi connectivity index (χ2v) is 10.8. The molecule has 1 amide bonds. The number of aromatic nitrogens is 4. The minimum absolute atomic E-state index is 0.000380. The van der Waals surface area contributed by atoms with Crippen molar-refractivity contribution < 1.29 is 22.7 Å². The van der Waals surface area contributed by atoms with Crippen molar-refractivity contribution in [3.8, 4) is 22.6 Å². The number of amides is 1. The van der Waals surface area contributed by atoms with Crippen LogP contribution in [0.25, 0.3) is 22.6 Å². The van der Waals surface area contributed by atoms with Crippen LogP contribution in [0.15, 0.2) is 72.7 Å². The lowest BCUT2D eigenvalue weighted by Gasteiger charge is -2.31. The molecule has 1 aliphatic heterocycles. The van der Waals surface area contributed by atoms with Crippen LogP contribution in [0.4, 0.5) is 19.1 Å².